The lowest BCUT2D eigenvalue weighted by atomic mass is 9.90. The van der Waals surface area contributed by atoms with E-state index in [0.29, 0.717) is 6.04 Å². The minimum atomic E-state index is 0.202. The van der Waals surface area contributed by atoms with Crippen molar-refractivity contribution in [3.8, 4) is 0 Å². The van der Waals surface area contributed by atoms with E-state index in [1.165, 1.54) is 12.0 Å². The van der Waals surface area contributed by atoms with E-state index in [1.807, 2.05) is 18.2 Å². The standard InChI is InChI=1S/C17H23ClN2O/c18-16-7-2-1-4-14(16)12-20-10-8-13(9-11-20)17(21)19-15-5-3-6-15/h1-2,4,7,13,15H,3,5-6,8-12H2,(H,19,21). The lowest BCUT2D eigenvalue weighted by Gasteiger charge is -2.33. The largest absolute Gasteiger partial charge is 0.353 e. The summed E-state index contributed by atoms with van der Waals surface area (Å²) in [6, 6.07) is 8.47. The van der Waals surface area contributed by atoms with Crippen molar-refractivity contribution in [1.29, 1.82) is 0 Å². The Morgan fingerprint density at radius 3 is 2.52 bits per heavy atom. The number of rotatable bonds is 4. The Morgan fingerprint density at radius 1 is 1.19 bits per heavy atom. The van der Waals surface area contributed by atoms with Gasteiger partial charge in [-0.25, -0.2) is 0 Å². The SMILES string of the molecule is O=C(NC1CCC1)C1CCN(Cc2ccccc2Cl)CC1. The van der Waals surface area contributed by atoms with Gasteiger partial charge in [-0.05, 0) is 56.8 Å². The van der Waals surface area contributed by atoms with Crippen LogP contribution in [0, 0.1) is 5.92 Å². The third-order valence-corrected chi connectivity index (χ3v) is 5.13. The summed E-state index contributed by atoms with van der Waals surface area (Å²) in [4.78, 5) is 14.6. The van der Waals surface area contributed by atoms with Gasteiger partial charge in [0.05, 0.1) is 0 Å². The van der Waals surface area contributed by atoms with Gasteiger partial charge in [-0.3, -0.25) is 9.69 Å². The second kappa shape index (κ2) is 6.80. The molecule has 1 N–H and O–H groups in total. The third-order valence-electron chi connectivity index (χ3n) is 4.76. The molecule has 1 saturated carbocycles. The van der Waals surface area contributed by atoms with Crippen molar-refractivity contribution in [3.63, 3.8) is 0 Å². The van der Waals surface area contributed by atoms with Crippen LogP contribution in [0.2, 0.25) is 5.02 Å². The van der Waals surface area contributed by atoms with Crippen molar-refractivity contribution in [1.82, 2.24) is 10.2 Å². The first-order valence-corrected chi connectivity index (χ1v) is 8.36. The van der Waals surface area contributed by atoms with Crippen LogP contribution in [0.4, 0.5) is 0 Å². The summed E-state index contributed by atoms with van der Waals surface area (Å²) in [6.45, 7) is 2.85. The van der Waals surface area contributed by atoms with Gasteiger partial charge in [-0.1, -0.05) is 29.8 Å². The van der Waals surface area contributed by atoms with Gasteiger partial charge in [0.25, 0.3) is 0 Å². The molecule has 0 aromatic heterocycles. The fraction of sp³-hybridized carbons (Fsp3) is 0.588. The molecule has 4 heteroatoms. The van der Waals surface area contributed by atoms with Crippen molar-refractivity contribution in [3.05, 3.63) is 34.9 Å². The first-order valence-electron chi connectivity index (χ1n) is 7.98. The Kier molecular flexibility index (Phi) is 4.81. The average molecular weight is 307 g/mol. The van der Waals surface area contributed by atoms with E-state index < -0.39 is 0 Å². The topological polar surface area (TPSA) is 32.3 Å². The molecule has 1 aromatic rings. The zero-order valence-electron chi connectivity index (χ0n) is 12.4. The molecule has 1 heterocycles. The molecular weight excluding hydrogens is 284 g/mol. The summed E-state index contributed by atoms with van der Waals surface area (Å²) >= 11 is 6.21. The van der Waals surface area contributed by atoms with E-state index in [1.54, 1.807) is 0 Å². The summed E-state index contributed by atoms with van der Waals surface area (Å²) in [5, 5.41) is 4.02. The molecule has 21 heavy (non-hydrogen) atoms. The van der Waals surface area contributed by atoms with E-state index in [9.17, 15) is 4.79 Å². The summed E-state index contributed by atoms with van der Waals surface area (Å²) < 4.78 is 0. The maximum Gasteiger partial charge on any atom is 0.223 e. The summed E-state index contributed by atoms with van der Waals surface area (Å²) in [7, 11) is 0. The number of benzene rings is 1. The first kappa shape index (κ1) is 14.9. The number of hydrogen-bond donors (Lipinski definition) is 1. The van der Waals surface area contributed by atoms with Crippen molar-refractivity contribution < 1.29 is 4.79 Å². The van der Waals surface area contributed by atoms with Crippen LogP contribution in [0.5, 0.6) is 0 Å². The molecule has 2 aliphatic rings. The third kappa shape index (κ3) is 3.78. The van der Waals surface area contributed by atoms with E-state index in [0.717, 1.165) is 50.3 Å². The van der Waals surface area contributed by atoms with Gasteiger partial charge < -0.3 is 5.32 Å². The number of carbonyl (C=O) groups is 1. The Bertz CT molecular complexity index is 493. The average Bonchev–Trinajstić information content (AvgIpc) is 2.46. The van der Waals surface area contributed by atoms with Gasteiger partial charge in [0.1, 0.15) is 0 Å². The molecule has 0 atom stereocenters. The van der Waals surface area contributed by atoms with Gasteiger partial charge in [-0.15, -0.1) is 0 Å². The van der Waals surface area contributed by atoms with Crippen LogP contribution in [-0.4, -0.2) is 29.9 Å². The smallest absolute Gasteiger partial charge is 0.223 e. The summed E-state index contributed by atoms with van der Waals surface area (Å²) in [5.74, 6) is 0.477. The van der Waals surface area contributed by atoms with Crippen LogP contribution < -0.4 is 5.32 Å². The predicted octanol–water partition coefficient (Wildman–Crippen LogP) is 3.22. The molecule has 3 nitrogen and oxygen atoms in total. The Balaban J connectivity index is 1.46. The van der Waals surface area contributed by atoms with Gasteiger partial charge in [0.15, 0.2) is 0 Å². The van der Waals surface area contributed by atoms with E-state index in [2.05, 4.69) is 16.3 Å². The molecule has 1 aromatic carbocycles. The highest BCUT2D eigenvalue weighted by atomic mass is 35.5. The number of hydrogen-bond acceptors (Lipinski definition) is 2. The van der Waals surface area contributed by atoms with Crippen molar-refractivity contribution in [2.75, 3.05) is 13.1 Å². The molecule has 1 aliphatic heterocycles. The van der Waals surface area contributed by atoms with Crippen LogP contribution in [0.1, 0.15) is 37.7 Å². The normalized spacial score (nSPS) is 21.0. The Morgan fingerprint density at radius 2 is 1.90 bits per heavy atom. The highest BCUT2D eigenvalue weighted by Gasteiger charge is 2.28. The minimum Gasteiger partial charge on any atom is -0.353 e. The lowest BCUT2D eigenvalue weighted by Crippen LogP contribution is -2.45. The van der Waals surface area contributed by atoms with Gasteiger partial charge in [0, 0.05) is 23.5 Å². The first-order chi connectivity index (χ1) is 10.2. The van der Waals surface area contributed by atoms with Crippen LogP contribution in [0.3, 0.4) is 0 Å². The monoisotopic (exact) mass is 306 g/mol. The molecule has 1 amide bonds. The van der Waals surface area contributed by atoms with Crippen LogP contribution >= 0.6 is 11.6 Å². The molecule has 114 valence electrons. The lowest BCUT2D eigenvalue weighted by molar-refractivity contribution is -0.127. The van der Waals surface area contributed by atoms with Crippen LogP contribution in [0.15, 0.2) is 24.3 Å². The molecule has 0 spiro atoms. The predicted molar refractivity (Wildman–Crippen MR) is 85.2 cm³/mol. The number of carbonyl (C=O) groups excluding carboxylic acids is 1. The maximum absolute atomic E-state index is 12.2. The Hall–Kier alpha value is -1.06. The molecule has 2 fully saturated rings. The van der Waals surface area contributed by atoms with Crippen molar-refractivity contribution in [2.45, 2.75) is 44.7 Å². The van der Waals surface area contributed by atoms with E-state index >= 15 is 0 Å². The van der Waals surface area contributed by atoms with Gasteiger partial charge in [0.2, 0.25) is 5.91 Å². The second-order valence-electron chi connectivity index (χ2n) is 6.28. The van der Waals surface area contributed by atoms with E-state index in [4.69, 9.17) is 11.6 Å². The Labute approximate surface area is 131 Å². The summed E-state index contributed by atoms with van der Waals surface area (Å²) in [6.07, 6.45) is 5.52. The van der Waals surface area contributed by atoms with Crippen molar-refractivity contribution in [2.24, 2.45) is 5.92 Å². The minimum absolute atomic E-state index is 0.202. The highest BCUT2D eigenvalue weighted by Crippen LogP contribution is 2.24. The molecule has 0 radical (unpaired) electrons. The van der Waals surface area contributed by atoms with Crippen LogP contribution in [-0.2, 0) is 11.3 Å². The molecule has 1 aliphatic carbocycles. The molecule has 1 saturated heterocycles. The quantitative estimate of drug-likeness (QED) is 0.926. The summed E-state index contributed by atoms with van der Waals surface area (Å²) in [5.41, 5.74) is 1.18. The second-order valence-corrected chi connectivity index (χ2v) is 6.69. The number of halogens is 1. The number of amides is 1. The fourth-order valence-corrected chi connectivity index (χ4v) is 3.29. The zero-order valence-corrected chi connectivity index (χ0v) is 13.1. The van der Waals surface area contributed by atoms with Gasteiger partial charge >= 0.3 is 0 Å². The fourth-order valence-electron chi connectivity index (χ4n) is 3.09. The van der Waals surface area contributed by atoms with Crippen molar-refractivity contribution >= 4 is 17.5 Å². The molecule has 3 rings (SSSR count). The number of piperidine rings is 1. The molecular formula is C17H23ClN2O. The van der Waals surface area contributed by atoms with Crippen LogP contribution in [0.25, 0.3) is 0 Å². The molecule has 0 bridgehead atoms. The number of nitrogens with one attached hydrogen (secondary N) is 1. The maximum atomic E-state index is 12.2. The highest BCUT2D eigenvalue weighted by molar-refractivity contribution is 6.31. The number of likely N-dealkylation sites (tertiary alicyclic amines) is 1. The zero-order chi connectivity index (χ0) is 14.7. The molecule has 0 unspecified atom stereocenters. The number of nitrogens with zero attached hydrogens (tertiary/aromatic N) is 1. The van der Waals surface area contributed by atoms with Gasteiger partial charge in [-0.2, -0.15) is 0 Å². The van der Waals surface area contributed by atoms with E-state index in [-0.39, 0.29) is 11.8 Å².